The lowest BCUT2D eigenvalue weighted by Crippen LogP contribution is -2.25. The molecule has 0 amide bonds. The molecule has 0 bridgehead atoms. The predicted octanol–water partition coefficient (Wildman–Crippen LogP) is 2.57. The second kappa shape index (κ2) is 7.66. The van der Waals surface area contributed by atoms with Crippen LogP contribution in [0.4, 0.5) is 0 Å². The van der Waals surface area contributed by atoms with Crippen LogP contribution < -0.4 is 9.46 Å². The maximum atomic E-state index is 12.6. The fraction of sp³-hybridized carbons (Fsp3) is 0.368. The molecule has 0 saturated heterocycles. The highest BCUT2D eigenvalue weighted by Gasteiger charge is 2.20. The van der Waals surface area contributed by atoms with Crippen molar-refractivity contribution in [1.29, 1.82) is 0 Å². The van der Waals surface area contributed by atoms with Crippen LogP contribution in [0.5, 0.6) is 5.75 Å². The van der Waals surface area contributed by atoms with Crippen LogP contribution in [0, 0.1) is 20.8 Å². The quantitative estimate of drug-likeness (QED) is 0.629. The Morgan fingerprint density at radius 1 is 1.15 bits per heavy atom. The zero-order chi connectivity index (χ0) is 19.6. The van der Waals surface area contributed by atoms with Gasteiger partial charge >= 0.3 is 0 Å². The number of aromatic nitrogens is 3. The highest BCUT2D eigenvalue weighted by molar-refractivity contribution is 7.89. The van der Waals surface area contributed by atoms with Gasteiger partial charge in [-0.2, -0.15) is 5.10 Å². The normalized spacial score (nSPS) is 11.9. The van der Waals surface area contributed by atoms with E-state index in [4.69, 9.17) is 4.74 Å². The van der Waals surface area contributed by atoms with Gasteiger partial charge in [-0.15, -0.1) is 0 Å². The molecule has 0 fully saturated rings. The lowest BCUT2D eigenvalue weighted by Gasteiger charge is -2.13. The van der Waals surface area contributed by atoms with E-state index in [-0.39, 0.29) is 4.90 Å². The minimum atomic E-state index is -3.64. The molecule has 1 N–H and O–H groups in total. The van der Waals surface area contributed by atoms with Crippen LogP contribution in [-0.2, 0) is 16.4 Å². The summed E-state index contributed by atoms with van der Waals surface area (Å²) in [5, 5.41) is 4.34. The highest BCUT2D eigenvalue weighted by atomic mass is 32.2. The van der Waals surface area contributed by atoms with Crippen LogP contribution in [0.15, 0.2) is 35.5 Å². The molecule has 0 atom stereocenters. The first kappa shape index (κ1) is 19.3. The van der Waals surface area contributed by atoms with E-state index in [1.54, 1.807) is 22.8 Å². The van der Waals surface area contributed by atoms with E-state index in [9.17, 15) is 8.42 Å². The Bertz CT molecular complexity index is 1070. The van der Waals surface area contributed by atoms with Crippen molar-refractivity contribution >= 4 is 15.7 Å². The predicted molar refractivity (Wildman–Crippen MR) is 104 cm³/mol. The van der Waals surface area contributed by atoms with E-state index in [1.807, 2.05) is 33.0 Å². The largest absolute Gasteiger partial charge is 0.495 e. The number of rotatable bonds is 7. The number of ether oxygens (including phenoxy) is 1. The van der Waals surface area contributed by atoms with E-state index >= 15 is 0 Å². The van der Waals surface area contributed by atoms with Gasteiger partial charge in [0, 0.05) is 25.0 Å². The Hall–Kier alpha value is -2.45. The lowest BCUT2D eigenvalue weighted by molar-refractivity contribution is 0.401. The molecule has 0 aliphatic heterocycles. The number of hydrogen-bond donors (Lipinski definition) is 1. The van der Waals surface area contributed by atoms with E-state index in [0.29, 0.717) is 25.1 Å². The van der Waals surface area contributed by atoms with Gasteiger partial charge in [0.25, 0.3) is 0 Å². The monoisotopic (exact) mass is 388 g/mol. The molecule has 7 nitrogen and oxygen atoms in total. The molecule has 0 aliphatic carbocycles. The van der Waals surface area contributed by atoms with Crippen LogP contribution >= 0.6 is 0 Å². The molecule has 27 heavy (non-hydrogen) atoms. The summed E-state index contributed by atoms with van der Waals surface area (Å²) in [6, 6.07) is 5.31. The summed E-state index contributed by atoms with van der Waals surface area (Å²) in [7, 11) is -2.16. The SMILES string of the molecule is COc1cc(C)c(C)cc1S(=O)(=O)NCCCc1cnc2cc(C)nn2c1. The molecule has 2 aromatic heterocycles. The minimum absolute atomic E-state index is 0.170. The second-order valence-electron chi connectivity index (χ2n) is 6.64. The fourth-order valence-corrected chi connectivity index (χ4v) is 4.18. The first-order valence-corrected chi connectivity index (χ1v) is 10.2. The van der Waals surface area contributed by atoms with E-state index in [1.165, 1.54) is 7.11 Å². The van der Waals surface area contributed by atoms with Gasteiger partial charge in [-0.25, -0.2) is 22.6 Å². The van der Waals surface area contributed by atoms with Gasteiger partial charge in [0.15, 0.2) is 5.65 Å². The molecule has 2 heterocycles. The average molecular weight is 388 g/mol. The maximum absolute atomic E-state index is 12.6. The zero-order valence-electron chi connectivity index (χ0n) is 16.0. The maximum Gasteiger partial charge on any atom is 0.244 e. The van der Waals surface area contributed by atoms with Gasteiger partial charge in [0.05, 0.1) is 12.8 Å². The van der Waals surface area contributed by atoms with Crippen molar-refractivity contribution in [2.45, 2.75) is 38.5 Å². The molecule has 3 aromatic rings. The Labute approximate surface area is 159 Å². The van der Waals surface area contributed by atoms with E-state index < -0.39 is 10.0 Å². The van der Waals surface area contributed by atoms with Gasteiger partial charge in [0.2, 0.25) is 10.0 Å². The molecular weight excluding hydrogens is 364 g/mol. The third-order valence-corrected chi connectivity index (χ3v) is 5.97. The first-order valence-electron chi connectivity index (χ1n) is 8.76. The van der Waals surface area contributed by atoms with Gasteiger partial charge in [-0.3, -0.25) is 0 Å². The minimum Gasteiger partial charge on any atom is -0.495 e. The Kier molecular flexibility index (Phi) is 5.48. The Morgan fingerprint density at radius 3 is 2.63 bits per heavy atom. The van der Waals surface area contributed by atoms with Crippen LogP contribution in [-0.4, -0.2) is 36.7 Å². The first-order chi connectivity index (χ1) is 12.8. The summed E-state index contributed by atoms with van der Waals surface area (Å²) >= 11 is 0. The third-order valence-electron chi connectivity index (χ3n) is 4.49. The smallest absolute Gasteiger partial charge is 0.244 e. The van der Waals surface area contributed by atoms with Crippen LogP contribution in [0.2, 0.25) is 0 Å². The van der Waals surface area contributed by atoms with Gasteiger partial charge in [-0.1, -0.05) is 0 Å². The topological polar surface area (TPSA) is 85.6 Å². The number of sulfonamides is 1. The number of hydrogen-bond acceptors (Lipinski definition) is 5. The number of methoxy groups -OCH3 is 1. The molecule has 0 spiro atoms. The third kappa shape index (κ3) is 4.28. The van der Waals surface area contributed by atoms with Crippen molar-refractivity contribution in [3.05, 3.63) is 53.0 Å². The van der Waals surface area contributed by atoms with Gasteiger partial charge < -0.3 is 4.74 Å². The van der Waals surface area contributed by atoms with Crippen LogP contribution in [0.1, 0.15) is 28.8 Å². The van der Waals surface area contributed by atoms with Gasteiger partial charge in [0.1, 0.15) is 10.6 Å². The molecule has 3 rings (SSSR count). The fourth-order valence-electron chi connectivity index (χ4n) is 2.87. The van der Waals surface area contributed by atoms with Gasteiger partial charge in [-0.05, 0) is 62.4 Å². The Morgan fingerprint density at radius 2 is 1.89 bits per heavy atom. The Balaban J connectivity index is 1.64. The molecule has 8 heteroatoms. The zero-order valence-corrected chi connectivity index (χ0v) is 16.8. The lowest BCUT2D eigenvalue weighted by atomic mass is 10.1. The summed E-state index contributed by atoms with van der Waals surface area (Å²) in [4.78, 5) is 4.53. The van der Waals surface area contributed by atoms with Crippen molar-refractivity contribution in [2.24, 2.45) is 0 Å². The molecule has 0 radical (unpaired) electrons. The summed E-state index contributed by atoms with van der Waals surface area (Å²) in [6.45, 7) is 6.06. The molecule has 144 valence electrons. The van der Waals surface area contributed by atoms with E-state index in [2.05, 4.69) is 14.8 Å². The van der Waals surface area contributed by atoms with Crippen molar-refractivity contribution in [3.63, 3.8) is 0 Å². The summed E-state index contributed by atoms with van der Waals surface area (Å²) in [6.07, 6.45) is 5.09. The number of nitrogens with one attached hydrogen (secondary N) is 1. The van der Waals surface area contributed by atoms with Crippen LogP contribution in [0.25, 0.3) is 5.65 Å². The number of aryl methyl sites for hydroxylation is 4. The number of benzene rings is 1. The second-order valence-corrected chi connectivity index (χ2v) is 8.37. The molecule has 0 aliphatic rings. The highest BCUT2D eigenvalue weighted by Crippen LogP contribution is 2.27. The van der Waals surface area contributed by atoms with Crippen molar-refractivity contribution < 1.29 is 13.2 Å². The van der Waals surface area contributed by atoms with Crippen molar-refractivity contribution in [3.8, 4) is 5.75 Å². The van der Waals surface area contributed by atoms with Crippen molar-refractivity contribution in [2.75, 3.05) is 13.7 Å². The average Bonchev–Trinajstić information content (AvgIpc) is 2.99. The van der Waals surface area contributed by atoms with Crippen molar-refractivity contribution in [1.82, 2.24) is 19.3 Å². The summed E-state index contributed by atoms with van der Waals surface area (Å²) < 4.78 is 34.9. The van der Waals surface area contributed by atoms with Crippen LogP contribution in [0.3, 0.4) is 0 Å². The number of nitrogens with zero attached hydrogens (tertiary/aromatic N) is 3. The standard InChI is InChI=1S/C19H24N4O3S/c1-13-8-17(26-4)18(9-14(13)2)27(24,25)21-7-5-6-16-11-20-19-10-15(3)22-23(19)12-16/h8-12,21H,5-7H2,1-4H3. The molecule has 0 saturated carbocycles. The summed E-state index contributed by atoms with van der Waals surface area (Å²) in [5.74, 6) is 0.356. The summed E-state index contributed by atoms with van der Waals surface area (Å²) in [5.41, 5.74) is 4.62. The molecule has 1 aromatic carbocycles. The molecule has 0 unspecified atom stereocenters. The molecular formula is C19H24N4O3S. The number of fused-ring (bicyclic) bond motifs is 1. The van der Waals surface area contributed by atoms with E-state index in [0.717, 1.165) is 28.0 Å².